The van der Waals surface area contributed by atoms with Gasteiger partial charge in [0.15, 0.2) is 0 Å². The number of hydrogen-bond donors (Lipinski definition) is 1. The first-order valence-electron chi connectivity index (χ1n) is 8.13. The molecule has 0 bridgehead atoms. The van der Waals surface area contributed by atoms with E-state index in [0.29, 0.717) is 12.1 Å². The fraction of sp³-hybridized carbons (Fsp3) is 0.812. The Morgan fingerprint density at radius 3 is 2.67 bits per heavy atom. The zero-order valence-corrected chi connectivity index (χ0v) is 15.6. The molecule has 0 radical (unpaired) electrons. The topological polar surface area (TPSA) is 33.1 Å². The zero-order chi connectivity index (χ0) is 15.6. The lowest BCUT2D eigenvalue weighted by Crippen LogP contribution is -2.57. The smallest absolute Gasteiger partial charge is 0.0739 e. The van der Waals surface area contributed by atoms with E-state index in [-0.39, 0.29) is 0 Å². The molecular weight excluding hydrogens is 328 g/mol. The number of nitrogens with one attached hydrogen (secondary N) is 1. The van der Waals surface area contributed by atoms with Crippen molar-refractivity contribution in [3.05, 3.63) is 15.9 Å². The molecule has 0 aliphatic carbocycles. The number of hydrogen-bond acceptors (Lipinski definition) is 3. The van der Waals surface area contributed by atoms with E-state index in [0.717, 1.165) is 31.2 Å². The molecule has 0 amide bonds. The first-order chi connectivity index (χ1) is 9.97. The summed E-state index contributed by atoms with van der Waals surface area (Å²) in [4.78, 5) is 2.63. The van der Waals surface area contributed by atoms with E-state index in [9.17, 15) is 0 Å². The summed E-state index contributed by atoms with van der Waals surface area (Å²) in [6.07, 6.45) is 2.42. The van der Waals surface area contributed by atoms with Gasteiger partial charge < -0.3 is 5.32 Å². The van der Waals surface area contributed by atoms with Gasteiger partial charge in [-0.05, 0) is 35.2 Å². The Morgan fingerprint density at radius 2 is 2.14 bits per heavy atom. The van der Waals surface area contributed by atoms with Crippen LogP contribution in [0, 0.1) is 12.8 Å². The van der Waals surface area contributed by atoms with Crippen molar-refractivity contribution < 1.29 is 0 Å². The van der Waals surface area contributed by atoms with Gasteiger partial charge in [0, 0.05) is 38.8 Å². The molecular formula is C16H29BrN4. The molecule has 4 nitrogen and oxygen atoms in total. The first kappa shape index (κ1) is 17.0. The largest absolute Gasteiger partial charge is 0.311 e. The van der Waals surface area contributed by atoms with Gasteiger partial charge in [-0.25, -0.2) is 0 Å². The van der Waals surface area contributed by atoms with Crippen molar-refractivity contribution in [3.8, 4) is 0 Å². The van der Waals surface area contributed by atoms with Crippen LogP contribution in [0.5, 0.6) is 0 Å². The van der Waals surface area contributed by atoms with Crippen LogP contribution in [0.15, 0.2) is 4.47 Å². The van der Waals surface area contributed by atoms with Gasteiger partial charge in [0.1, 0.15) is 0 Å². The zero-order valence-electron chi connectivity index (χ0n) is 14.0. The summed E-state index contributed by atoms with van der Waals surface area (Å²) in [7, 11) is 2.04. The molecule has 1 N–H and O–H groups in total. The van der Waals surface area contributed by atoms with Crippen LogP contribution < -0.4 is 5.32 Å². The van der Waals surface area contributed by atoms with E-state index < -0.39 is 0 Å². The quantitative estimate of drug-likeness (QED) is 0.879. The molecule has 120 valence electrons. The summed E-state index contributed by atoms with van der Waals surface area (Å²) in [5, 5.41) is 8.27. The minimum Gasteiger partial charge on any atom is -0.311 e. The predicted octanol–water partition coefficient (Wildman–Crippen LogP) is 3.09. The van der Waals surface area contributed by atoms with E-state index in [1.54, 1.807) is 0 Å². The van der Waals surface area contributed by atoms with Crippen LogP contribution >= 0.6 is 15.9 Å². The second-order valence-corrected chi connectivity index (χ2v) is 7.15. The third-order valence-corrected chi connectivity index (χ3v) is 6.01. The Hall–Kier alpha value is -0.390. The SMILES string of the molecule is CCC(C)C1CN(Cc2c(Br)c(C)nn2C)C(CC)CN1. The minimum atomic E-state index is 0.603. The minimum absolute atomic E-state index is 0.603. The third-order valence-electron chi connectivity index (χ3n) is 4.98. The van der Waals surface area contributed by atoms with Gasteiger partial charge in [0.2, 0.25) is 0 Å². The van der Waals surface area contributed by atoms with Gasteiger partial charge in [0.25, 0.3) is 0 Å². The standard InChI is InChI=1S/C16H29BrN4/c1-6-11(3)14-9-21(13(7-2)8-18-14)10-15-16(17)12(4)19-20(15)5/h11,13-14,18H,6-10H2,1-5H3. The van der Waals surface area contributed by atoms with Gasteiger partial charge >= 0.3 is 0 Å². The Morgan fingerprint density at radius 1 is 1.43 bits per heavy atom. The molecule has 1 aliphatic heterocycles. The van der Waals surface area contributed by atoms with Gasteiger partial charge in [-0.3, -0.25) is 9.58 Å². The van der Waals surface area contributed by atoms with Crippen molar-refractivity contribution in [1.29, 1.82) is 0 Å². The Balaban J connectivity index is 2.14. The molecule has 3 unspecified atom stereocenters. The molecule has 1 aromatic heterocycles. The third kappa shape index (κ3) is 3.69. The van der Waals surface area contributed by atoms with Crippen LogP contribution in [0.4, 0.5) is 0 Å². The highest BCUT2D eigenvalue weighted by Crippen LogP contribution is 2.25. The van der Waals surface area contributed by atoms with Crippen LogP contribution in [0.1, 0.15) is 45.0 Å². The van der Waals surface area contributed by atoms with Crippen molar-refractivity contribution >= 4 is 15.9 Å². The molecule has 0 spiro atoms. The maximum atomic E-state index is 4.52. The highest BCUT2D eigenvalue weighted by atomic mass is 79.9. The average molecular weight is 357 g/mol. The maximum Gasteiger partial charge on any atom is 0.0739 e. The highest BCUT2D eigenvalue weighted by molar-refractivity contribution is 9.10. The van der Waals surface area contributed by atoms with E-state index in [1.165, 1.54) is 23.0 Å². The van der Waals surface area contributed by atoms with Crippen molar-refractivity contribution in [2.24, 2.45) is 13.0 Å². The van der Waals surface area contributed by atoms with Crippen LogP contribution in [-0.4, -0.2) is 39.9 Å². The lowest BCUT2D eigenvalue weighted by molar-refractivity contribution is 0.0967. The number of halogens is 1. The summed E-state index contributed by atoms with van der Waals surface area (Å²) >= 11 is 3.70. The second kappa shape index (κ2) is 7.25. The number of aromatic nitrogens is 2. The van der Waals surface area contributed by atoms with Crippen LogP contribution in [0.2, 0.25) is 0 Å². The monoisotopic (exact) mass is 356 g/mol. The average Bonchev–Trinajstić information content (AvgIpc) is 2.72. The molecule has 1 aromatic rings. The molecule has 5 heteroatoms. The molecule has 2 rings (SSSR count). The summed E-state index contributed by atoms with van der Waals surface area (Å²) in [5.41, 5.74) is 2.37. The summed E-state index contributed by atoms with van der Waals surface area (Å²) < 4.78 is 3.19. The van der Waals surface area contributed by atoms with E-state index in [1.807, 2.05) is 11.7 Å². The molecule has 3 atom stereocenters. The molecule has 1 saturated heterocycles. The van der Waals surface area contributed by atoms with Crippen molar-refractivity contribution in [1.82, 2.24) is 20.0 Å². The molecule has 21 heavy (non-hydrogen) atoms. The molecule has 2 heterocycles. The number of aryl methyl sites for hydroxylation is 2. The van der Waals surface area contributed by atoms with Crippen LogP contribution in [0.3, 0.4) is 0 Å². The first-order valence-corrected chi connectivity index (χ1v) is 8.92. The molecule has 1 fully saturated rings. The lowest BCUT2D eigenvalue weighted by Gasteiger charge is -2.42. The van der Waals surface area contributed by atoms with Crippen molar-refractivity contribution in [2.75, 3.05) is 13.1 Å². The van der Waals surface area contributed by atoms with Crippen LogP contribution in [-0.2, 0) is 13.6 Å². The normalized spacial score (nSPS) is 25.2. The van der Waals surface area contributed by atoms with Crippen LogP contribution in [0.25, 0.3) is 0 Å². The van der Waals surface area contributed by atoms with E-state index in [4.69, 9.17) is 0 Å². The van der Waals surface area contributed by atoms with Crippen molar-refractivity contribution in [2.45, 2.75) is 59.2 Å². The number of piperazine rings is 1. The molecule has 0 saturated carbocycles. The lowest BCUT2D eigenvalue weighted by atomic mass is 9.94. The Kier molecular flexibility index (Phi) is 5.86. The van der Waals surface area contributed by atoms with E-state index in [2.05, 4.69) is 58.9 Å². The second-order valence-electron chi connectivity index (χ2n) is 6.36. The predicted molar refractivity (Wildman–Crippen MR) is 91.4 cm³/mol. The maximum absolute atomic E-state index is 4.52. The van der Waals surface area contributed by atoms with Gasteiger partial charge in [-0.15, -0.1) is 0 Å². The molecule has 0 aromatic carbocycles. The fourth-order valence-corrected chi connectivity index (χ4v) is 3.65. The molecule has 1 aliphatic rings. The fourth-order valence-electron chi connectivity index (χ4n) is 3.19. The van der Waals surface area contributed by atoms with Gasteiger partial charge in [0.05, 0.1) is 15.9 Å². The number of nitrogens with zero attached hydrogens (tertiary/aromatic N) is 3. The summed E-state index contributed by atoms with van der Waals surface area (Å²) in [6.45, 7) is 12.2. The summed E-state index contributed by atoms with van der Waals surface area (Å²) in [6, 6.07) is 1.22. The summed E-state index contributed by atoms with van der Waals surface area (Å²) in [5.74, 6) is 0.724. The van der Waals surface area contributed by atoms with E-state index >= 15 is 0 Å². The highest BCUT2D eigenvalue weighted by Gasteiger charge is 2.30. The van der Waals surface area contributed by atoms with Gasteiger partial charge in [-0.2, -0.15) is 5.10 Å². The van der Waals surface area contributed by atoms with Crippen molar-refractivity contribution in [3.63, 3.8) is 0 Å². The van der Waals surface area contributed by atoms with Gasteiger partial charge in [-0.1, -0.05) is 27.2 Å². The Labute approximate surface area is 137 Å². The Bertz CT molecular complexity index is 471. The number of rotatable bonds is 5.